The van der Waals surface area contributed by atoms with E-state index < -0.39 is 11.7 Å². The number of hydrogen-bond acceptors (Lipinski definition) is 5. The quantitative estimate of drug-likeness (QED) is 0.556. The van der Waals surface area contributed by atoms with Gasteiger partial charge in [-0.2, -0.15) is 13.2 Å². The summed E-state index contributed by atoms with van der Waals surface area (Å²) >= 11 is 0. The lowest BCUT2D eigenvalue weighted by Crippen LogP contribution is -2.36. The minimum Gasteiger partial charge on any atom is -0.439 e. The second-order valence-electron chi connectivity index (χ2n) is 7.70. The Morgan fingerprint density at radius 2 is 1.88 bits per heavy atom. The molecule has 9 heteroatoms. The van der Waals surface area contributed by atoms with Gasteiger partial charge in [-0.3, -0.25) is 9.78 Å². The standard InChI is InChI=1S/C24H21F3N4O2/c25-24(26,27)18-6-9-22(30-14-18)33-20-3-1-2-17(13-20)12-16-4-7-19(8-5-16)31-23(32)21-15-28-10-11-29-21/h1-3,6,9-15,19H,4-5,7-8H2,(H,31,32). The van der Waals surface area contributed by atoms with Crippen LogP contribution in [-0.2, 0) is 6.18 Å². The highest BCUT2D eigenvalue weighted by Crippen LogP contribution is 2.31. The highest BCUT2D eigenvalue weighted by Gasteiger charge is 2.30. The molecule has 1 amide bonds. The molecule has 0 spiro atoms. The second-order valence-corrected chi connectivity index (χ2v) is 7.70. The lowest BCUT2D eigenvalue weighted by atomic mass is 9.89. The SMILES string of the molecule is O=C(NC1CCC(=Cc2cccc(Oc3ccc(C(F)(F)F)cn3)c2)CC1)c1cnccn1. The molecule has 6 nitrogen and oxygen atoms in total. The molecule has 0 bridgehead atoms. The number of amides is 1. The van der Waals surface area contributed by atoms with Gasteiger partial charge in [0.15, 0.2) is 0 Å². The topological polar surface area (TPSA) is 77.0 Å². The van der Waals surface area contributed by atoms with Gasteiger partial charge in [-0.15, -0.1) is 0 Å². The fourth-order valence-corrected chi connectivity index (χ4v) is 3.59. The van der Waals surface area contributed by atoms with Gasteiger partial charge in [-0.25, -0.2) is 9.97 Å². The van der Waals surface area contributed by atoms with Gasteiger partial charge in [0.25, 0.3) is 5.91 Å². The number of nitrogens with one attached hydrogen (secondary N) is 1. The maximum absolute atomic E-state index is 12.7. The van der Waals surface area contributed by atoms with Gasteiger partial charge < -0.3 is 10.1 Å². The molecular formula is C24H21F3N4O2. The van der Waals surface area contributed by atoms with Gasteiger partial charge >= 0.3 is 6.18 Å². The lowest BCUT2D eigenvalue weighted by Gasteiger charge is -2.25. The predicted octanol–water partition coefficient (Wildman–Crippen LogP) is 5.44. The number of hydrogen-bond donors (Lipinski definition) is 1. The molecule has 170 valence electrons. The first-order valence-electron chi connectivity index (χ1n) is 10.4. The second kappa shape index (κ2) is 9.81. The van der Waals surface area contributed by atoms with Crippen LogP contribution >= 0.6 is 0 Å². The van der Waals surface area contributed by atoms with Crippen LogP contribution in [0.25, 0.3) is 6.08 Å². The Hall–Kier alpha value is -3.75. The van der Waals surface area contributed by atoms with Crippen molar-refractivity contribution in [3.05, 3.63) is 83.6 Å². The van der Waals surface area contributed by atoms with Crippen LogP contribution in [0.1, 0.15) is 47.3 Å². The molecule has 1 N–H and O–H groups in total. The third kappa shape index (κ3) is 6.15. The number of halogens is 3. The van der Waals surface area contributed by atoms with E-state index in [9.17, 15) is 18.0 Å². The molecule has 4 rings (SSSR count). The van der Waals surface area contributed by atoms with E-state index in [-0.39, 0.29) is 17.8 Å². The summed E-state index contributed by atoms with van der Waals surface area (Å²) < 4.78 is 43.6. The first-order chi connectivity index (χ1) is 15.9. The van der Waals surface area contributed by atoms with Crippen LogP contribution in [-0.4, -0.2) is 26.9 Å². The van der Waals surface area contributed by atoms with Gasteiger partial charge in [0.05, 0.1) is 11.8 Å². The van der Waals surface area contributed by atoms with Gasteiger partial charge in [0.2, 0.25) is 5.88 Å². The summed E-state index contributed by atoms with van der Waals surface area (Å²) in [6, 6.07) is 9.51. The number of ether oxygens (including phenoxy) is 1. The molecule has 0 aliphatic heterocycles. The van der Waals surface area contributed by atoms with E-state index >= 15 is 0 Å². The largest absolute Gasteiger partial charge is 0.439 e. The minimum atomic E-state index is -4.44. The first-order valence-corrected chi connectivity index (χ1v) is 10.4. The third-order valence-corrected chi connectivity index (χ3v) is 5.27. The predicted molar refractivity (Wildman–Crippen MR) is 115 cm³/mol. The summed E-state index contributed by atoms with van der Waals surface area (Å²) in [4.78, 5) is 23.9. The Labute approximate surface area is 188 Å². The molecule has 3 aromatic rings. The third-order valence-electron chi connectivity index (χ3n) is 5.27. The summed E-state index contributed by atoms with van der Waals surface area (Å²) in [5.41, 5.74) is 1.66. The van der Waals surface area contributed by atoms with Crippen molar-refractivity contribution in [2.45, 2.75) is 37.9 Å². The number of allylic oxidation sites excluding steroid dienone is 1. The van der Waals surface area contributed by atoms with Crippen molar-refractivity contribution in [2.75, 3.05) is 0 Å². The number of nitrogens with zero attached hydrogens (tertiary/aromatic N) is 3. The Morgan fingerprint density at radius 1 is 1.06 bits per heavy atom. The first kappa shape index (κ1) is 22.4. The normalized spacial score (nSPS) is 16.2. The molecule has 1 aliphatic carbocycles. The van der Waals surface area contributed by atoms with E-state index in [1.54, 1.807) is 6.07 Å². The van der Waals surface area contributed by atoms with E-state index in [0.717, 1.165) is 43.5 Å². The van der Waals surface area contributed by atoms with Crippen LogP contribution in [0, 0.1) is 0 Å². The van der Waals surface area contributed by atoms with Gasteiger partial charge in [-0.05, 0) is 49.4 Å². The molecule has 2 heterocycles. The average Bonchev–Trinajstić information content (AvgIpc) is 2.81. The average molecular weight is 454 g/mol. The zero-order chi connectivity index (χ0) is 23.3. The maximum atomic E-state index is 12.7. The molecule has 0 saturated heterocycles. The van der Waals surface area contributed by atoms with Crippen LogP contribution in [0.4, 0.5) is 13.2 Å². The Morgan fingerprint density at radius 3 is 2.55 bits per heavy atom. The highest BCUT2D eigenvalue weighted by molar-refractivity contribution is 5.92. The Bertz CT molecular complexity index is 1120. The molecule has 0 radical (unpaired) electrons. The number of carbonyl (C=O) groups excluding carboxylic acids is 1. The Balaban J connectivity index is 1.34. The minimum absolute atomic E-state index is 0.0806. The molecular weight excluding hydrogens is 433 g/mol. The molecule has 1 aromatic carbocycles. The summed E-state index contributed by atoms with van der Waals surface area (Å²) in [7, 11) is 0. The zero-order valence-corrected chi connectivity index (χ0v) is 17.5. The lowest BCUT2D eigenvalue weighted by molar-refractivity contribution is -0.137. The molecule has 1 aliphatic rings. The van der Waals surface area contributed by atoms with Crippen molar-refractivity contribution in [3.63, 3.8) is 0 Å². The highest BCUT2D eigenvalue weighted by atomic mass is 19.4. The fourth-order valence-electron chi connectivity index (χ4n) is 3.59. The number of carbonyl (C=O) groups is 1. The van der Waals surface area contributed by atoms with Crippen molar-refractivity contribution >= 4 is 12.0 Å². The fraction of sp³-hybridized carbons (Fsp3) is 0.250. The number of aromatic nitrogens is 3. The van der Waals surface area contributed by atoms with E-state index in [1.165, 1.54) is 30.2 Å². The van der Waals surface area contributed by atoms with Gasteiger partial charge in [0, 0.05) is 30.7 Å². The maximum Gasteiger partial charge on any atom is 0.417 e. The Kier molecular flexibility index (Phi) is 6.67. The van der Waals surface area contributed by atoms with Crippen LogP contribution in [0.15, 0.2) is 66.8 Å². The van der Waals surface area contributed by atoms with Crippen LogP contribution < -0.4 is 10.1 Å². The summed E-state index contributed by atoms with van der Waals surface area (Å²) in [6.07, 6.45) is 6.18. The van der Waals surface area contributed by atoms with Crippen molar-refractivity contribution in [2.24, 2.45) is 0 Å². The molecule has 1 fully saturated rings. The zero-order valence-electron chi connectivity index (χ0n) is 17.5. The van der Waals surface area contributed by atoms with Crippen molar-refractivity contribution < 1.29 is 22.7 Å². The summed E-state index contributed by atoms with van der Waals surface area (Å²) in [6.45, 7) is 0. The molecule has 0 unspecified atom stereocenters. The van der Waals surface area contributed by atoms with Crippen LogP contribution in [0.2, 0.25) is 0 Å². The van der Waals surface area contributed by atoms with Crippen LogP contribution in [0.5, 0.6) is 11.6 Å². The number of alkyl halides is 3. The number of rotatable bonds is 5. The molecule has 2 aromatic heterocycles. The number of pyridine rings is 1. The molecule has 33 heavy (non-hydrogen) atoms. The van der Waals surface area contributed by atoms with E-state index in [0.29, 0.717) is 11.4 Å². The van der Waals surface area contributed by atoms with Crippen molar-refractivity contribution in [3.8, 4) is 11.6 Å². The molecule has 1 saturated carbocycles. The van der Waals surface area contributed by atoms with Gasteiger partial charge in [-0.1, -0.05) is 23.8 Å². The van der Waals surface area contributed by atoms with E-state index in [1.807, 2.05) is 18.2 Å². The van der Waals surface area contributed by atoms with Crippen molar-refractivity contribution in [1.82, 2.24) is 20.3 Å². The smallest absolute Gasteiger partial charge is 0.417 e. The van der Waals surface area contributed by atoms with Gasteiger partial charge in [0.1, 0.15) is 11.4 Å². The monoisotopic (exact) mass is 454 g/mol. The van der Waals surface area contributed by atoms with Crippen LogP contribution in [0.3, 0.4) is 0 Å². The van der Waals surface area contributed by atoms with E-state index in [2.05, 4.69) is 26.3 Å². The summed E-state index contributed by atoms with van der Waals surface area (Å²) in [5.74, 6) is 0.357. The molecule has 0 atom stereocenters. The van der Waals surface area contributed by atoms with E-state index in [4.69, 9.17) is 4.74 Å². The van der Waals surface area contributed by atoms with Crippen molar-refractivity contribution in [1.29, 1.82) is 0 Å². The summed E-state index contributed by atoms with van der Waals surface area (Å²) in [5, 5.41) is 3.00. The number of benzene rings is 1.